The third-order valence-corrected chi connectivity index (χ3v) is 3.63. The molecule has 0 spiro atoms. The van der Waals surface area contributed by atoms with Crippen molar-refractivity contribution in [1.29, 1.82) is 0 Å². The first kappa shape index (κ1) is 13.0. The van der Waals surface area contributed by atoms with E-state index in [4.69, 9.17) is 9.15 Å². The molecule has 1 unspecified atom stereocenters. The van der Waals surface area contributed by atoms with Gasteiger partial charge < -0.3 is 9.15 Å². The van der Waals surface area contributed by atoms with Crippen LogP contribution in [-0.2, 0) is 6.42 Å². The largest absolute Gasteiger partial charge is 0.482 e. The van der Waals surface area contributed by atoms with Crippen LogP contribution in [-0.4, -0.2) is 11.9 Å². The highest BCUT2D eigenvalue weighted by Gasteiger charge is 2.30. The molecule has 3 heteroatoms. The van der Waals surface area contributed by atoms with Crippen LogP contribution in [0.4, 0.5) is 0 Å². The number of ketones is 1. The van der Waals surface area contributed by atoms with Crippen LogP contribution in [0.5, 0.6) is 5.75 Å². The Labute approximate surface area is 118 Å². The van der Waals surface area contributed by atoms with E-state index in [0.29, 0.717) is 17.1 Å². The van der Waals surface area contributed by atoms with Crippen LogP contribution in [0.3, 0.4) is 0 Å². The first-order valence-electron chi connectivity index (χ1n) is 7.13. The minimum absolute atomic E-state index is 0.0114. The summed E-state index contributed by atoms with van der Waals surface area (Å²) in [6.07, 6.45) is 2.56. The van der Waals surface area contributed by atoms with Crippen molar-refractivity contribution in [2.75, 3.05) is 0 Å². The number of fused-ring (bicyclic) bond motifs is 3. The lowest BCUT2D eigenvalue weighted by atomic mass is 10.0. The van der Waals surface area contributed by atoms with Gasteiger partial charge >= 0.3 is 0 Å². The van der Waals surface area contributed by atoms with Gasteiger partial charge in [0, 0.05) is 6.42 Å². The van der Waals surface area contributed by atoms with Gasteiger partial charge in [-0.05, 0) is 31.5 Å². The second-order valence-electron chi connectivity index (χ2n) is 5.18. The molecule has 104 valence electrons. The molecule has 0 amide bonds. The molecular formula is C17H18O3. The van der Waals surface area contributed by atoms with Gasteiger partial charge in [-0.15, -0.1) is 0 Å². The molecule has 3 nitrogen and oxygen atoms in total. The molecule has 20 heavy (non-hydrogen) atoms. The summed E-state index contributed by atoms with van der Waals surface area (Å²) in [6, 6.07) is 9.53. The van der Waals surface area contributed by atoms with Crippen molar-refractivity contribution in [3.05, 3.63) is 41.7 Å². The fraction of sp³-hybridized carbons (Fsp3) is 0.353. The van der Waals surface area contributed by atoms with Crippen molar-refractivity contribution in [2.45, 2.75) is 39.2 Å². The molecule has 0 saturated heterocycles. The quantitative estimate of drug-likeness (QED) is 0.836. The molecule has 2 aromatic rings. The number of Topliss-reactive ketones (excluding diaryl/α,β-unsaturated/α-hetero) is 1. The summed E-state index contributed by atoms with van der Waals surface area (Å²) in [5.74, 6) is 2.24. The smallest absolute Gasteiger partial charge is 0.206 e. The first-order valence-corrected chi connectivity index (χ1v) is 7.13. The lowest BCUT2D eigenvalue weighted by Gasteiger charge is -2.11. The molecule has 1 aromatic heterocycles. The summed E-state index contributed by atoms with van der Waals surface area (Å²) in [5, 5.41) is 0. The molecule has 1 aliphatic heterocycles. The van der Waals surface area contributed by atoms with E-state index in [2.05, 4.69) is 6.92 Å². The van der Waals surface area contributed by atoms with Crippen LogP contribution < -0.4 is 4.74 Å². The highest BCUT2D eigenvalue weighted by atomic mass is 16.5. The predicted molar refractivity (Wildman–Crippen MR) is 77.2 cm³/mol. The third kappa shape index (κ3) is 2.13. The molecule has 0 saturated carbocycles. The van der Waals surface area contributed by atoms with Crippen LogP contribution in [0.1, 0.15) is 42.8 Å². The number of unbranched alkanes of at least 4 members (excludes halogenated alkanes) is 1. The summed E-state index contributed by atoms with van der Waals surface area (Å²) in [6.45, 7) is 3.93. The van der Waals surface area contributed by atoms with Gasteiger partial charge in [-0.25, -0.2) is 0 Å². The van der Waals surface area contributed by atoms with Gasteiger partial charge in [-0.1, -0.05) is 25.5 Å². The molecule has 0 bridgehead atoms. The summed E-state index contributed by atoms with van der Waals surface area (Å²) in [7, 11) is 0. The Morgan fingerprint density at radius 3 is 2.80 bits per heavy atom. The van der Waals surface area contributed by atoms with Crippen LogP contribution >= 0.6 is 0 Å². The van der Waals surface area contributed by atoms with Crippen molar-refractivity contribution >= 4 is 5.78 Å². The van der Waals surface area contributed by atoms with Gasteiger partial charge in [0.1, 0.15) is 17.3 Å². The number of carbonyl (C=O) groups is 1. The summed E-state index contributed by atoms with van der Waals surface area (Å²) >= 11 is 0. The normalized spacial score (nSPS) is 17.1. The zero-order valence-corrected chi connectivity index (χ0v) is 11.8. The van der Waals surface area contributed by atoms with Gasteiger partial charge in [0.2, 0.25) is 5.78 Å². The number of ether oxygens (including phenoxy) is 1. The number of benzene rings is 1. The average molecular weight is 270 g/mol. The molecule has 2 heterocycles. The summed E-state index contributed by atoms with van der Waals surface area (Å²) in [5.41, 5.74) is 1.51. The van der Waals surface area contributed by atoms with E-state index in [1.807, 2.05) is 30.3 Å². The van der Waals surface area contributed by atoms with Gasteiger partial charge in [-0.2, -0.15) is 0 Å². The highest BCUT2D eigenvalue weighted by molar-refractivity contribution is 6.05. The Bertz CT molecular complexity index is 639. The maximum atomic E-state index is 12.4. The van der Waals surface area contributed by atoms with Crippen LogP contribution in [0.15, 0.2) is 34.7 Å². The fourth-order valence-corrected chi connectivity index (χ4v) is 2.52. The second-order valence-corrected chi connectivity index (χ2v) is 5.18. The Balaban J connectivity index is 2.11. The van der Waals surface area contributed by atoms with Gasteiger partial charge in [0.15, 0.2) is 6.10 Å². The Hall–Kier alpha value is -2.03. The van der Waals surface area contributed by atoms with E-state index in [1.54, 1.807) is 6.92 Å². The highest BCUT2D eigenvalue weighted by Crippen LogP contribution is 2.38. The molecule has 0 radical (unpaired) electrons. The standard InChI is InChI=1S/C17H18O3/c1-3-4-7-12-10-14-16(18)11(2)19-15-9-6-5-8-13(15)17(14)20-12/h5-6,8-11H,3-4,7H2,1-2H3. The first-order chi connectivity index (χ1) is 9.70. The predicted octanol–water partition coefficient (Wildman–Crippen LogP) is 4.25. The van der Waals surface area contributed by atoms with Crippen LogP contribution in [0.25, 0.3) is 11.3 Å². The van der Waals surface area contributed by atoms with Gasteiger partial charge in [0.05, 0.1) is 11.1 Å². The molecule has 0 fully saturated rings. The van der Waals surface area contributed by atoms with E-state index < -0.39 is 6.10 Å². The maximum absolute atomic E-state index is 12.4. The van der Waals surface area contributed by atoms with Crippen molar-refractivity contribution in [1.82, 2.24) is 0 Å². The number of hydrogen-bond acceptors (Lipinski definition) is 3. The molecular weight excluding hydrogens is 252 g/mol. The minimum atomic E-state index is -0.478. The fourth-order valence-electron chi connectivity index (χ4n) is 2.52. The van der Waals surface area contributed by atoms with Crippen LogP contribution in [0.2, 0.25) is 0 Å². The zero-order valence-electron chi connectivity index (χ0n) is 11.8. The molecule has 3 rings (SSSR count). The number of furan rings is 1. The van der Waals surface area contributed by atoms with Crippen LogP contribution in [0, 0.1) is 0 Å². The molecule has 1 atom stereocenters. The zero-order chi connectivity index (χ0) is 14.1. The number of para-hydroxylation sites is 1. The molecule has 1 aromatic carbocycles. The van der Waals surface area contributed by atoms with E-state index >= 15 is 0 Å². The minimum Gasteiger partial charge on any atom is -0.482 e. The van der Waals surface area contributed by atoms with Crippen molar-refractivity contribution < 1.29 is 13.9 Å². The Morgan fingerprint density at radius 2 is 2.00 bits per heavy atom. The van der Waals surface area contributed by atoms with Crippen molar-refractivity contribution in [3.8, 4) is 17.1 Å². The Kier molecular flexibility index (Phi) is 3.35. The topological polar surface area (TPSA) is 39.4 Å². The number of rotatable bonds is 3. The monoisotopic (exact) mass is 270 g/mol. The summed E-state index contributed by atoms with van der Waals surface area (Å²) < 4.78 is 11.7. The average Bonchev–Trinajstić information content (AvgIpc) is 2.85. The number of aryl methyl sites for hydroxylation is 1. The van der Waals surface area contributed by atoms with E-state index in [-0.39, 0.29) is 5.78 Å². The van der Waals surface area contributed by atoms with Crippen molar-refractivity contribution in [2.24, 2.45) is 0 Å². The van der Waals surface area contributed by atoms with E-state index in [1.165, 1.54) is 0 Å². The third-order valence-electron chi connectivity index (χ3n) is 3.63. The maximum Gasteiger partial charge on any atom is 0.206 e. The van der Waals surface area contributed by atoms with Crippen molar-refractivity contribution in [3.63, 3.8) is 0 Å². The molecule has 1 aliphatic rings. The van der Waals surface area contributed by atoms with E-state index in [0.717, 1.165) is 30.6 Å². The Morgan fingerprint density at radius 1 is 1.20 bits per heavy atom. The second kappa shape index (κ2) is 5.16. The number of hydrogen-bond donors (Lipinski definition) is 0. The number of carbonyl (C=O) groups excluding carboxylic acids is 1. The SMILES string of the molecule is CCCCc1cc2c(o1)-c1ccccc1OC(C)C2=O. The van der Waals surface area contributed by atoms with Gasteiger partial charge in [0.25, 0.3) is 0 Å². The summed E-state index contributed by atoms with van der Waals surface area (Å²) in [4.78, 5) is 12.4. The molecule has 0 N–H and O–H groups in total. The van der Waals surface area contributed by atoms with Gasteiger partial charge in [-0.3, -0.25) is 4.79 Å². The van der Waals surface area contributed by atoms with E-state index in [9.17, 15) is 4.79 Å². The lowest BCUT2D eigenvalue weighted by molar-refractivity contribution is 0.0824. The lowest BCUT2D eigenvalue weighted by Crippen LogP contribution is -2.22. The molecule has 0 aliphatic carbocycles.